The minimum atomic E-state index is -4.49. The standard InChI is InChI=1S/C34H39F3N4O4S/c1-4-23-20-38-31-27(23)17-24(18-29(31)41-14-9-15-46(41,44)45)32(43)40-28(16-22-10-6-5-7-11-22)30(42)21-39-33(2,3)25-12-8-13-26(19-25)34(35,36)37/h5-8,10-13,17-20,28,30,38-39,42H,4,9,14-16,21H2,1-3H3,(H,40,43)/t28-,30+/m0/s1. The molecule has 2 atom stereocenters. The number of halogens is 3. The van der Waals surface area contributed by atoms with Crippen LogP contribution in [0.2, 0.25) is 0 Å². The number of anilines is 1. The molecule has 1 aliphatic rings. The second-order valence-corrected chi connectivity index (χ2v) is 14.3. The topological polar surface area (TPSA) is 115 Å². The number of nitrogens with zero attached hydrogens (tertiary/aromatic N) is 1. The van der Waals surface area contributed by atoms with Crippen LogP contribution in [0.1, 0.15) is 59.8 Å². The summed E-state index contributed by atoms with van der Waals surface area (Å²) in [4.78, 5) is 17.1. The molecule has 5 rings (SSSR count). The molecule has 0 bridgehead atoms. The van der Waals surface area contributed by atoms with Gasteiger partial charge in [0, 0.05) is 35.8 Å². The summed E-state index contributed by atoms with van der Waals surface area (Å²) >= 11 is 0. The molecule has 246 valence electrons. The number of carbonyl (C=O) groups is 1. The molecule has 1 saturated heterocycles. The zero-order valence-electron chi connectivity index (χ0n) is 26.0. The number of sulfonamides is 1. The summed E-state index contributed by atoms with van der Waals surface area (Å²) in [5, 5.41) is 18.3. The Morgan fingerprint density at radius 2 is 1.76 bits per heavy atom. The van der Waals surface area contributed by atoms with Gasteiger partial charge in [0.05, 0.1) is 34.7 Å². The van der Waals surface area contributed by atoms with Crippen molar-refractivity contribution in [3.8, 4) is 0 Å². The van der Waals surface area contributed by atoms with Crippen molar-refractivity contribution in [3.05, 3.63) is 101 Å². The highest BCUT2D eigenvalue weighted by molar-refractivity contribution is 7.93. The fourth-order valence-corrected chi connectivity index (χ4v) is 7.46. The number of rotatable bonds is 11. The highest BCUT2D eigenvalue weighted by Gasteiger charge is 2.34. The van der Waals surface area contributed by atoms with E-state index in [-0.39, 0.29) is 24.3 Å². The molecule has 12 heteroatoms. The molecule has 1 amide bonds. The van der Waals surface area contributed by atoms with Crippen LogP contribution in [0.4, 0.5) is 18.9 Å². The third-order valence-corrected chi connectivity index (χ3v) is 10.5. The second kappa shape index (κ2) is 13.1. The number of hydrogen-bond donors (Lipinski definition) is 4. The van der Waals surface area contributed by atoms with E-state index in [9.17, 15) is 31.5 Å². The molecular weight excluding hydrogens is 617 g/mol. The van der Waals surface area contributed by atoms with Crippen LogP contribution in [0.5, 0.6) is 0 Å². The first kappa shape index (κ1) is 33.5. The zero-order chi connectivity index (χ0) is 33.3. The maximum absolute atomic E-state index is 13.9. The summed E-state index contributed by atoms with van der Waals surface area (Å²) in [7, 11) is -3.53. The summed E-state index contributed by atoms with van der Waals surface area (Å²) < 4.78 is 67.2. The summed E-state index contributed by atoms with van der Waals surface area (Å²) in [6.07, 6.45) is -2.37. The Labute approximate surface area is 267 Å². The van der Waals surface area contributed by atoms with Gasteiger partial charge in [-0.3, -0.25) is 9.10 Å². The lowest BCUT2D eigenvalue weighted by Gasteiger charge is -2.32. The van der Waals surface area contributed by atoms with E-state index in [1.54, 1.807) is 32.0 Å². The molecule has 8 nitrogen and oxygen atoms in total. The summed E-state index contributed by atoms with van der Waals surface area (Å²) in [6, 6.07) is 16.9. The highest BCUT2D eigenvalue weighted by atomic mass is 32.2. The van der Waals surface area contributed by atoms with Crippen LogP contribution in [-0.2, 0) is 34.6 Å². The van der Waals surface area contributed by atoms with Gasteiger partial charge in [-0.25, -0.2) is 8.42 Å². The summed E-state index contributed by atoms with van der Waals surface area (Å²) in [5.74, 6) is -0.457. The van der Waals surface area contributed by atoms with Crippen LogP contribution in [0.15, 0.2) is 72.9 Å². The van der Waals surface area contributed by atoms with Crippen LogP contribution < -0.4 is 14.9 Å². The highest BCUT2D eigenvalue weighted by Crippen LogP contribution is 2.35. The molecule has 3 aromatic carbocycles. The SMILES string of the molecule is CCc1c[nH]c2c(N3CCCS3(=O)=O)cc(C(=O)N[C@@H](Cc3ccccc3)[C@H](O)CNC(C)(C)c3cccc(C(F)(F)F)c3)cc12. The Bertz CT molecular complexity index is 1810. The molecule has 1 aromatic heterocycles. The van der Waals surface area contributed by atoms with Gasteiger partial charge in [0.2, 0.25) is 10.0 Å². The van der Waals surface area contributed by atoms with Crippen molar-refractivity contribution in [3.63, 3.8) is 0 Å². The van der Waals surface area contributed by atoms with Gasteiger partial charge in [-0.2, -0.15) is 13.2 Å². The van der Waals surface area contributed by atoms with E-state index >= 15 is 0 Å². The third kappa shape index (κ3) is 7.24. The van der Waals surface area contributed by atoms with Crippen molar-refractivity contribution in [1.82, 2.24) is 15.6 Å². The predicted molar refractivity (Wildman–Crippen MR) is 173 cm³/mol. The van der Waals surface area contributed by atoms with E-state index in [2.05, 4.69) is 15.6 Å². The van der Waals surface area contributed by atoms with Gasteiger partial charge in [-0.15, -0.1) is 0 Å². The number of aliphatic hydroxyl groups excluding tert-OH is 1. The minimum Gasteiger partial charge on any atom is -0.390 e. The number of hydrogen-bond acceptors (Lipinski definition) is 5. The predicted octanol–water partition coefficient (Wildman–Crippen LogP) is 5.52. The number of benzene rings is 3. The van der Waals surface area contributed by atoms with E-state index in [4.69, 9.17) is 0 Å². The van der Waals surface area contributed by atoms with Crippen LogP contribution in [0.3, 0.4) is 0 Å². The van der Waals surface area contributed by atoms with Gasteiger partial charge in [-0.05, 0) is 74.1 Å². The lowest BCUT2D eigenvalue weighted by molar-refractivity contribution is -0.137. The summed E-state index contributed by atoms with van der Waals surface area (Å²) in [5.41, 5.74) is 1.80. The van der Waals surface area contributed by atoms with Crippen LogP contribution in [0, 0.1) is 0 Å². The Morgan fingerprint density at radius 1 is 1.04 bits per heavy atom. The quantitative estimate of drug-likeness (QED) is 0.170. The van der Waals surface area contributed by atoms with Crippen LogP contribution in [-0.4, -0.2) is 55.4 Å². The third-order valence-electron chi connectivity index (χ3n) is 8.61. The Morgan fingerprint density at radius 3 is 2.41 bits per heavy atom. The van der Waals surface area contributed by atoms with E-state index in [1.807, 2.05) is 43.5 Å². The number of alkyl halides is 3. The van der Waals surface area contributed by atoms with E-state index in [0.29, 0.717) is 36.2 Å². The molecule has 1 fully saturated rings. The molecule has 46 heavy (non-hydrogen) atoms. The van der Waals surface area contributed by atoms with Gasteiger partial charge in [0.25, 0.3) is 5.91 Å². The first-order chi connectivity index (χ1) is 21.7. The fraction of sp³-hybridized carbons (Fsp3) is 0.382. The molecule has 0 radical (unpaired) electrons. The van der Waals surface area contributed by atoms with Gasteiger partial charge in [0.15, 0.2) is 0 Å². The van der Waals surface area contributed by atoms with Gasteiger partial charge in [0.1, 0.15) is 0 Å². The average Bonchev–Trinajstić information content (AvgIpc) is 3.61. The smallest absolute Gasteiger partial charge is 0.390 e. The number of aliphatic hydroxyl groups is 1. The molecule has 0 saturated carbocycles. The molecule has 0 aliphatic carbocycles. The van der Waals surface area contributed by atoms with Crippen molar-refractivity contribution in [1.29, 1.82) is 0 Å². The van der Waals surface area contributed by atoms with Crippen LogP contribution >= 0.6 is 0 Å². The van der Waals surface area contributed by atoms with E-state index < -0.39 is 45.4 Å². The molecule has 4 N–H and O–H groups in total. The number of nitrogens with one attached hydrogen (secondary N) is 3. The number of aryl methyl sites for hydroxylation is 1. The number of fused-ring (bicyclic) bond motifs is 1. The largest absolute Gasteiger partial charge is 0.416 e. The maximum atomic E-state index is 13.9. The van der Waals surface area contributed by atoms with Crippen molar-refractivity contribution < 1.29 is 31.5 Å². The fourth-order valence-electron chi connectivity index (χ4n) is 5.89. The number of aromatic nitrogens is 1. The monoisotopic (exact) mass is 656 g/mol. The Kier molecular flexibility index (Phi) is 9.53. The van der Waals surface area contributed by atoms with Gasteiger partial charge < -0.3 is 20.7 Å². The Balaban J connectivity index is 1.42. The molecule has 2 heterocycles. The molecule has 0 unspecified atom stereocenters. The lowest BCUT2D eigenvalue weighted by atomic mass is 9.92. The van der Waals surface area contributed by atoms with Gasteiger partial charge >= 0.3 is 6.18 Å². The van der Waals surface area contributed by atoms with E-state index in [1.165, 1.54) is 10.4 Å². The molecule has 1 aliphatic heterocycles. The van der Waals surface area contributed by atoms with Crippen molar-refractivity contribution in [2.24, 2.45) is 0 Å². The van der Waals surface area contributed by atoms with Crippen LogP contribution in [0.25, 0.3) is 10.9 Å². The second-order valence-electron chi connectivity index (χ2n) is 12.2. The van der Waals surface area contributed by atoms with Gasteiger partial charge in [-0.1, -0.05) is 49.4 Å². The first-order valence-electron chi connectivity index (χ1n) is 15.3. The Hall–Kier alpha value is -3.87. The number of H-pyrrole nitrogens is 1. The zero-order valence-corrected chi connectivity index (χ0v) is 26.8. The van der Waals surface area contributed by atoms with Crippen molar-refractivity contribution >= 4 is 32.5 Å². The average molecular weight is 657 g/mol. The summed E-state index contributed by atoms with van der Waals surface area (Å²) in [6.45, 7) is 5.71. The lowest BCUT2D eigenvalue weighted by Crippen LogP contribution is -2.51. The number of aromatic amines is 1. The molecule has 4 aromatic rings. The van der Waals surface area contributed by atoms with Crippen molar-refractivity contribution in [2.75, 3.05) is 23.1 Å². The maximum Gasteiger partial charge on any atom is 0.416 e. The normalized spacial score (nSPS) is 16.5. The molecule has 0 spiro atoms. The molecular formula is C34H39F3N4O4S. The van der Waals surface area contributed by atoms with E-state index in [0.717, 1.165) is 28.6 Å². The minimum absolute atomic E-state index is 0.0292. The number of carbonyl (C=O) groups excluding carboxylic acids is 1. The van der Waals surface area contributed by atoms with Crippen molar-refractivity contribution in [2.45, 2.75) is 63.9 Å². The number of amides is 1. The first-order valence-corrected chi connectivity index (χ1v) is 16.9.